The molecule has 106 valence electrons. The van der Waals surface area contributed by atoms with Gasteiger partial charge in [0.25, 0.3) is 10.0 Å². The molecule has 1 saturated heterocycles. The van der Waals surface area contributed by atoms with E-state index in [1.165, 1.54) is 0 Å². The molecule has 0 spiro atoms. The van der Waals surface area contributed by atoms with Crippen LogP contribution in [0.1, 0.15) is 24.2 Å². The van der Waals surface area contributed by atoms with Crippen LogP contribution in [0.4, 0.5) is 0 Å². The lowest BCUT2D eigenvalue weighted by atomic mass is 9.85. The van der Waals surface area contributed by atoms with E-state index < -0.39 is 32.2 Å². The zero-order valence-corrected chi connectivity index (χ0v) is 11.3. The molecule has 0 atom stereocenters. The number of carbonyl (C=O) groups is 1. The van der Waals surface area contributed by atoms with Gasteiger partial charge in [-0.25, -0.2) is 13.2 Å². The van der Waals surface area contributed by atoms with E-state index in [1.807, 2.05) is 0 Å². The van der Waals surface area contributed by atoms with Crippen LogP contribution in [-0.2, 0) is 10.0 Å². The molecular formula is C10H15N3O5S. The molecular weight excluding hydrogens is 274 g/mol. The third-order valence-electron chi connectivity index (χ3n) is 3.41. The second kappa shape index (κ2) is 4.29. The van der Waals surface area contributed by atoms with Gasteiger partial charge < -0.3 is 10.2 Å². The fraction of sp³-hybridized carbons (Fsp3) is 0.600. The third kappa shape index (κ3) is 2.13. The van der Waals surface area contributed by atoms with Crippen molar-refractivity contribution < 1.29 is 23.4 Å². The lowest BCUT2D eigenvalue weighted by Gasteiger charge is -2.47. The number of sulfonamides is 1. The number of aliphatic hydroxyl groups is 1. The monoisotopic (exact) mass is 289 g/mol. The van der Waals surface area contributed by atoms with Gasteiger partial charge in [0, 0.05) is 13.1 Å². The molecule has 0 unspecified atom stereocenters. The lowest BCUT2D eigenvalue weighted by Crippen LogP contribution is -2.65. The molecule has 8 nitrogen and oxygen atoms in total. The van der Waals surface area contributed by atoms with Gasteiger partial charge in [-0.2, -0.15) is 9.40 Å². The number of hydrogen-bond donors (Lipinski definition) is 3. The Morgan fingerprint density at radius 2 is 2.11 bits per heavy atom. The number of aromatic nitrogens is 2. The standard InChI is InChI=1S/C10H15N3O5S/c1-6(2)10(16)4-13(5-10)19(17,18)8-7(9(14)15)3-11-12-8/h3,6,16H,4-5H2,1-2H3,(H,11,12)(H,14,15). The van der Waals surface area contributed by atoms with Crippen LogP contribution >= 0.6 is 0 Å². The Labute approximate surface area is 110 Å². The highest BCUT2D eigenvalue weighted by molar-refractivity contribution is 7.89. The van der Waals surface area contributed by atoms with Gasteiger partial charge in [-0.05, 0) is 5.92 Å². The summed E-state index contributed by atoms with van der Waals surface area (Å²) >= 11 is 0. The van der Waals surface area contributed by atoms with Crippen molar-refractivity contribution in [2.24, 2.45) is 5.92 Å². The average molecular weight is 289 g/mol. The van der Waals surface area contributed by atoms with E-state index in [4.69, 9.17) is 5.11 Å². The highest BCUT2D eigenvalue weighted by Crippen LogP contribution is 2.33. The number of hydrogen-bond acceptors (Lipinski definition) is 5. The van der Waals surface area contributed by atoms with Crippen molar-refractivity contribution in [1.82, 2.24) is 14.5 Å². The van der Waals surface area contributed by atoms with Gasteiger partial charge >= 0.3 is 5.97 Å². The van der Waals surface area contributed by atoms with Gasteiger partial charge in [-0.15, -0.1) is 0 Å². The predicted octanol–water partition coefficient (Wildman–Crippen LogP) is -0.501. The number of carboxylic acids is 1. The SMILES string of the molecule is CC(C)C1(O)CN(S(=O)(=O)c2[nH]ncc2C(=O)O)C1. The van der Waals surface area contributed by atoms with E-state index in [2.05, 4.69) is 10.2 Å². The van der Waals surface area contributed by atoms with Crippen molar-refractivity contribution >= 4 is 16.0 Å². The summed E-state index contributed by atoms with van der Waals surface area (Å²) in [6.07, 6.45) is 0.948. The molecule has 19 heavy (non-hydrogen) atoms. The van der Waals surface area contributed by atoms with Crippen molar-refractivity contribution in [3.63, 3.8) is 0 Å². The van der Waals surface area contributed by atoms with Gasteiger partial charge in [0.15, 0.2) is 5.03 Å². The summed E-state index contributed by atoms with van der Waals surface area (Å²) in [7, 11) is -3.96. The molecule has 1 aromatic heterocycles. The fourth-order valence-electron chi connectivity index (χ4n) is 1.85. The Morgan fingerprint density at radius 3 is 2.58 bits per heavy atom. The van der Waals surface area contributed by atoms with E-state index in [0.29, 0.717) is 0 Å². The molecule has 0 bridgehead atoms. The Kier molecular flexibility index (Phi) is 3.15. The maximum Gasteiger partial charge on any atom is 0.340 e. The summed E-state index contributed by atoms with van der Waals surface area (Å²) in [4.78, 5) is 10.9. The molecule has 2 heterocycles. The largest absolute Gasteiger partial charge is 0.478 e. The summed E-state index contributed by atoms with van der Waals surface area (Å²) in [5.74, 6) is -1.45. The quantitative estimate of drug-likeness (QED) is 0.686. The predicted molar refractivity (Wildman–Crippen MR) is 64.1 cm³/mol. The topological polar surface area (TPSA) is 124 Å². The summed E-state index contributed by atoms with van der Waals surface area (Å²) in [5, 5.41) is 24.1. The maximum atomic E-state index is 12.2. The highest BCUT2D eigenvalue weighted by Gasteiger charge is 2.50. The van der Waals surface area contributed by atoms with Crippen LogP contribution in [0, 0.1) is 5.92 Å². The maximum absolute atomic E-state index is 12.2. The number of H-pyrrole nitrogens is 1. The van der Waals surface area contributed by atoms with Gasteiger partial charge in [0.1, 0.15) is 5.56 Å². The average Bonchev–Trinajstić information content (AvgIpc) is 2.73. The zero-order chi connectivity index (χ0) is 14.4. The number of aromatic amines is 1. The minimum absolute atomic E-state index is 0.0505. The molecule has 3 N–H and O–H groups in total. The number of nitrogens with zero attached hydrogens (tertiary/aromatic N) is 2. The number of rotatable bonds is 4. The Bertz CT molecular complexity index is 600. The fourth-order valence-corrected chi connectivity index (χ4v) is 3.48. The number of aromatic carboxylic acids is 1. The summed E-state index contributed by atoms with van der Waals surface area (Å²) in [6, 6.07) is 0. The normalized spacial score (nSPS) is 19.4. The number of nitrogens with one attached hydrogen (secondary N) is 1. The van der Waals surface area contributed by atoms with Crippen molar-refractivity contribution in [2.75, 3.05) is 13.1 Å². The molecule has 0 saturated carbocycles. The molecule has 0 radical (unpaired) electrons. The Hall–Kier alpha value is -1.45. The third-order valence-corrected chi connectivity index (χ3v) is 5.17. The molecule has 1 fully saturated rings. The van der Waals surface area contributed by atoms with Crippen LogP contribution in [-0.4, -0.2) is 57.8 Å². The molecule has 0 aliphatic carbocycles. The minimum atomic E-state index is -3.96. The van der Waals surface area contributed by atoms with Gasteiger partial charge in [0.2, 0.25) is 0 Å². The van der Waals surface area contributed by atoms with Gasteiger partial charge in [-0.3, -0.25) is 5.10 Å². The van der Waals surface area contributed by atoms with E-state index in [-0.39, 0.29) is 19.0 Å². The molecule has 0 amide bonds. The van der Waals surface area contributed by atoms with E-state index >= 15 is 0 Å². The molecule has 1 aliphatic heterocycles. The first-order valence-electron chi connectivity index (χ1n) is 5.67. The number of carboxylic acid groups (broad SMARTS) is 1. The zero-order valence-electron chi connectivity index (χ0n) is 10.5. The van der Waals surface area contributed by atoms with Crippen LogP contribution in [0.3, 0.4) is 0 Å². The molecule has 0 aromatic carbocycles. The van der Waals surface area contributed by atoms with Crippen LogP contribution in [0.2, 0.25) is 0 Å². The Morgan fingerprint density at radius 1 is 1.53 bits per heavy atom. The highest BCUT2D eigenvalue weighted by atomic mass is 32.2. The van der Waals surface area contributed by atoms with E-state index in [1.54, 1.807) is 13.8 Å². The minimum Gasteiger partial charge on any atom is -0.478 e. The van der Waals surface area contributed by atoms with Gasteiger partial charge in [-0.1, -0.05) is 13.8 Å². The van der Waals surface area contributed by atoms with E-state index in [0.717, 1.165) is 10.5 Å². The van der Waals surface area contributed by atoms with Crippen LogP contribution < -0.4 is 0 Å². The summed E-state index contributed by atoms with van der Waals surface area (Å²) < 4.78 is 25.4. The molecule has 2 rings (SSSR count). The summed E-state index contributed by atoms with van der Waals surface area (Å²) in [5.41, 5.74) is -1.46. The van der Waals surface area contributed by atoms with E-state index in [9.17, 15) is 18.3 Å². The molecule has 1 aliphatic rings. The smallest absolute Gasteiger partial charge is 0.340 e. The van der Waals surface area contributed by atoms with Crippen LogP contribution in [0.15, 0.2) is 11.2 Å². The first kappa shape index (κ1) is 14.0. The number of β-amino-alcohol motifs (C(OH)–C–C–N with tert-alkyl or cyclic N) is 1. The van der Waals surface area contributed by atoms with Crippen molar-refractivity contribution in [3.8, 4) is 0 Å². The second-order valence-corrected chi connectivity index (χ2v) is 6.82. The van der Waals surface area contributed by atoms with Crippen molar-refractivity contribution in [1.29, 1.82) is 0 Å². The first-order valence-corrected chi connectivity index (χ1v) is 7.11. The van der Waals surface area contributed by atoms with Crippen molar-refractivity contribution in [3.05, 3.63) is 11.8 Å². The lowest BCUT2D eigenvalue weighted by molar-refractivity contribution is -0.0933. The van der Waals surface area contributed by atoms with Gasteiger partial charge in [0.05, 0.1) is 11.8 Å². The summed E-state index contributed by atoms with van der Waals surface area (Å²) in [6.45, 7) is 3.49. The van der Waals surface area contributed by atoms with Crippen LogP contribution in [0.25, 0.3) is 0 Å². The van der Waals surface area contributed by atoms with Crippen molar-refractivity contribution in [2.45, 2.75) is 24.5 Å². The van der Waals surface area contributed by atoms with Crippen LogP contribution in [0.5, 0.6) is 0 Å². The molecule has 9 heteroatoms. The first-order chi connectivity index (χ1) is 8.68. The Balaban J connectivity index is 2.26. The second-order valence-electron chi connectivity index (χ2n) is 4.95. The molecule has 1 aromatic rings.